The number of rotatable bonds is 1. The number of phenols is 1. The maximum atomic E-state index is 11.4. The van der Waals surface area contributed by atoms with Gasteiger partial charge in [0.2, 0.25) is 0 Å². The molecule has 1 aromatic carbocycles. The van der Waals surface area contributed by atoms with Crippen LogP contribution >= 0.6 is 0 Å². The number of benzene rings is 1. The monoisotopic (exact) mass is 195 g/mol. The molecule has 1 aliphatic rings. The molecule has 0 saturated carbocycles. The molecule has 0 spiro atoms. The SMILES string of the molecule is [O-][NH+]1C=C(CO)Oc2cc(O)ccc21. The first-order valence-electron chi connectivity index (χ1n) is 4.07. The van der Waals surface area contributed by atoms with Crippen molar-refractivity contribution in [1.82, 2.24) is 0 Å². The van der Waals surface area contributed by atoms with Crippen LogP contribution in [0.5, 0.6) is 11.5 Å². The zero-order valence-corrected chi connectivity index (χ0v) is 7.23. The molecular weight excluding hydrogens is 186 g/mol. The fraction of sp³-hybridized carbons (Fsp3) is 0.111. The number of aliphatic hydroxyl groups is 1. The van der Waals surface area contributed by atoms with Crippen LogP contribution in [0.4, 0.5) is 5.69 Å². The summed E-state index contributed by atoms with van der Waals surface area (Å²) in [5.74, 6) is 0.491. The number of phenolic OH excluding ortho intramolecular Hbond substituents is 1. The third-order valence-electron chi connectivity index (χ3n) is 1.92. The van der Waals surface area contributed by atoms with Gasteiger partial charge >= 0.3 is 0 Å². The number of hydroxylamine groups is 1. The van der Waals surface area contributed by atoms with E-state index in [2.05, 4.69) is 0 Å². The summed E-state index contributed by atoms with van der Waals surface area (Å²) in [7, 11) is 0. The van der Waals surface area contributed by atoms with Crippen LogP contribution in [0.1, 0.15) is 0 Å². The lowest BCUT2D eigenvalue weighted by molar-refractivity contribution is -0.718. The summed E-state index contributed by atoms with van der Waals surface area (Å²) in [5.41, 5.74) is 0.389. The molecule has 2 rings (SSSR count). The fourth-order valence-electron chi connectivity index (χ4n) is 1.27. The van der Waals surface area contributed by atoms with Gasteiger partial charge in [-0.15, -0.1) is 0 Å². The lowest BCUT2D eigenvalue weighted by Crippen LogP contribution is -2.97. The summed E-state index contributed by atoms with van der Waals surface area (Å²) >= 11 is 0. The molecule has 3 N–H and O–H groups in total. The summed E-state index contributed by atoms with van der Waals surface area (Å²) in [6.45, 7) is -0.333. The van der Waals surface area contributed by atoms with E-state index in [1.165, 1.54) is 24.4 Å². The van der Waals surface area contributed by atoms with Gasteiger partial charge in [-0.2, -0.15) is 0 Å². The molecule has 5 nitrogen and oxygen atoms in total. The first-order chi connectivity index (χ1) is 6.70. The van der Waals surface area contributed by atoms with Gasteiger partial charge < -0.3 is 25.2 Å². The van der Waals surface area contributed by atoms with Crippen LogP contribution in [0.2, 0.25) is 0 Å². The van der Waals surface area contributed by atoms with Crippen molar-refractivity contribution >= 4 is 5.69 Å². The van der Waals surface area contributed by atoms with Crippen LogP contribution in [0.25, 0.3) is 0 Å². The van der Waals surface area contributed by atoms with E-state index in [1.54, 1.807) is 0 Å². The maximum absolute atomic E-state index is 11.4. The van der Waals surface area contributed by atoms with Crippen molar-refractivity contribution in [2.75, 3.05) is 6.61 Å². The number of nitrogens with one attached hydrogen (secondary N) is 1. The Morgan fingerprint density at radius 1 is 1.43 bits per heavy atom. The van der Waals surface area contributed by atoms with Gasteiger partial charge in [-0.3, -0.25) is 0 Å². The summed E-state index contributed by atoms with van der Waals surface area (Å²) in [5, 5.41) is 29.1. The van der Waals surface area contributed by atoms with Gasteiger partial charge in [0.15, 0.2) is 17.2 Å². The first kappa shape index (κ1) is 9.01. The van der Waals surface area contributed by atoms with Crippen molar-refractivity contribution in [3.8, 4) is 11.5 Å². The molecular formula is C9H9NO4. The number of hydrogen-bond donors (Lipinski definition) is 3. The normalized spacial score (nSPS) is 19.6. The number of fused-ring (bicyclic) bond motifs is 1. The van der Waals surface area contributed by atoms with E-state index in [4.69, 9.17) is 14.9 Å². The van der Waals surface area contributed by atoms with Crippen LogP contribution in [-0.4, -0.2) is 16.8 Å². The van der Waals surface area contributed by atoms with Crippen LogP contribution in [0, 0.1) is 5.21 Å². The van der Waals surface area contributed by atoms with Crippen LogP contribution in [-0.2, 0) is 0 Å². The average Bonchev–Trinajstić information content (AvgIpc) is 2.16. The molecule has 1 aromatic rings. The van der Waals surface area contributed by atoms with Gasteiger partial charge in [0.25, 0.3) is 0 Å². The van der Waals surface area contributed by atoms with Gasteiger partial charge in [-0.25, -0.2) is 0 Å². The van der Waals surface area contributed by atoms with Gasteiger partial charge in [0, 0.05) is 12.1 Å². The van der Waals surface area contributed by atoms with E-state index < -0.39 is 0 Å². The minimum Gasteiger partial charge on any atom is -0.624 e. The standard InChI is InChI=1S/C9H9NO4/c11-5-7-4-10(13)8-2-1-6(12)3-9(8)14-7/h1-4,10-12H,5H2. The topological polar surface area (TPSA) is 77.2 Å². The minimum atomic E-state index is -0.333. The molecule has 0 aromatic heterocycles. The smallest absolute Gasteiger partial charge is 0.192 e. The number of ether oxygens (including phenoxy) is 1. The largest absolute Gasteiger partial charge is 0.624 e. The highest BCUT2D eigenvalue weighted by molar-refractivity contribution is 5.52. The molecule has 0 fully saturated rings. The van der Waals surface area contributed by atoms with Crippen LogP contribution in [0.3, 0.4) is 0 Å². The first-order valence-corrected chi connectivity index (χ1v) is 4.07. The Kier molecular flexibility index (Phi) is 2.12. The number of aromatic hydroxyl groups is 1. The zero-order valence-electron chi connectivity index (χ0n) is 7.23. The summed E-state index contributed by atoms with van der Waals surface area (Å²) in [6, 6.07) is 4.24. The van der Waals surface area contributed by atoms with E-state index >= 15 is 0 Å². The van der Waals surface area contributed by atoms with Crippen molar-refractivity contribution < 1.29 is 20.0 Å². The maximum Gasteiger partial charge on any atom is 0.192 e. The Morgan fingerprint density at radius 2 is 2.21 bits per heavy atom. The number of hydrogen-bond acceptors (Lipinski definition) is 4. The third-order valence-corrected chi connectivity index (χ3v) is 1.92. The molecule has 0 amide bonds. The minimum absolute atomic E-state index is 0.0238. The van der Waals surface area contributed by atoms with E-state index in [1.807, 2.05) is 0 Å². The molecule has 0 aliphatic carbocycles. The predicted molar refractivity (Wildman–Crippen MR) is 47.9 cm³/mol. The third kappa shape index (κ3) is 1.44. The molecule has 1 aliphatic heterocycles. The quantitative estimate of drug-likeness (QED) is 0.422. The van der Waals surface area contributed by atoms with E-state index in [0.29, 0.717) is 5.69 Å². The van der Waals surface area contributed by atoms with Crippen LogP contribution in [0.15, 0.2) is 30.2 Å². The van der Waals surface area contributed by atoms with Gasteiger partial charge in [0.1, 0.15) is 18.6 Å². The fourth-order valence-corrected chi connectivity index (χ4v) is 1.27. The Balaban J connectivity index is 2.42. The van der Waals surface area contributed by atoms with Crippen molar-refractivity contribution in [2.45, 2.75) is 0 Å². The molecule has 1 atom stereocenters. The molecule has 14 heavy (non-hydrogen) atoms. The van der Waals surface area contributed by atoms with Crippen molar-refractivity contribution in [1.29, 1.82) is 0 Å². The number of quaternary nitrogens is 1. The van der Waals surface area contributed by atoms with Gasteiger partial charge in [-0.05, 0) is 6.07 Å². The van der Waals surface area contributed by atoms with Crippen LogP contribution < -0.4 is 9.80 Å². The van der Waals surface area contributed by atoms with Crippen molar-refractivity contribution in [3.05, 3.63) is 35.4 Å². The second-order valence-electron chi connectivity index (χ2n) is 2.92. The van der Waals surface area contributed by atoms with E-state index in [9.17, 15) is 5.21 Å². The molecule has 1 heterocycles. The molecule has 5 heteroatoms. The van der Waals surface area contributed by atoms with Crippen molar-refractivity contribution in [2.24, 2.45) is 0 Å². The van der Waals surface area contributed by atoms with E-state index in [-0.39, 0.29) is 28.9 Å². The Morgan fingerprint density at radius 3 is 2.93 bits per heavy atom. The molecule has 74 valence electrons. The molecule has 0 saturated heterocycles. The van der Waals surface area contributed by atoms with Gasteiger partial charge in [-0.1, -0.05) is 0 Å². The Bertz CT molecular complexity index is 388. The number of aliphatic hydroxyl groups excluding tert-OH is 1. The zero-order chi connectivity index (χ0) is 10.1. The lowest BCUT2D eigenvalue weighted by Gasteiger charge is -2.25. The Hall–Kier alpha value is -1.56. The highest BCUT2D eigenvalue weighted by Gasteiger charge is 2.19. The second kappa shape index (κ2) is 3.30. The van der Waals surface area contributed by atoms with Crippen molar-refractivity contribution in [3.63, 3.8) is 0 Å². The molecule has 0 radical (unpaired) electrons. The average molecular weight is 195 g/mol. The second-order valence-corrected chi connectivity index (χ2v) is 2.92. The summed E-state index contributed by atoms with van der Waals surface area (Å²) < 4.78 is 5.16. The van der Waals surface area contributed by atoms with E-state index in [0.717, 1.165) is 0 Å². The summed E-state index contributed by atoms with van der Waals surface area (Å²) in [4.78, 5) is 0. The Labute approximate surface area is 80.0 Å². The highest BCUT2D eigenvalue weighted by atomic mass is 16.5. The molecule has 0 bridgehead atoms. The van der Waals surface area contributed by atoms with Gasteiger partial charge in [0.05, 0.1) is 0 Å². The predicted octanol–water partition coefficient (Wildman–Crippen LogP) is -0.368. The lowest BCUT2D eigenvalue weighted by atomic mass is 10.2. The summed E-state index contributed by atoms with van der Waals surface area (Å²) in [6.07, 6.45) is 1.24. The highest BCUT2D eigenvalue weighted by Crippen LogP contribution is 2.29. The molecule has 1 unspecified atom stereocenters.